The Kier molecular flexibility index (Phi) is 4.70. The lowest BCUT2D eigenvalue weighted by Crippen LogP contribution is -2.33. The molecule has 2 aromatic rings. The van der Waals surface area contributed by atoms with Gasteiger partial charge < -0.3 is 10.6 Å². The van der Waals surface area contributed by atoms with Crippen LogP contribution in [0.2, 0.25) is 0 Å². The molecule has 0 saturated carbocycles. The van der Waals surface area contributed by atoms with Gasteiger partial charge in [0.15, 0.2) is 0 Å². The minimum atomic E-state index is -0.361. The van der Waals surface area contributed by atoms with E-state index in [0.29, 0.717) is 23.8 Å². The molecule has 0 aliphatic rings. The second-order valence-corrected chi connectivity index (χ2v) is 5.67. The minimum Gasteiger partial charge on any atom is -0.338 e. The zero-order valence-corrected chi connectivity index (χ0v) is 13.4. The molecule has 0 radical (unpaired) electrons. The molecule has 1 aromatic carbocycles. The van der Waals surface area contributed by atoms with Crippen LogP contribution in [0.1, 0.15) is 19.5 Å². The molecule has 2 amide bonds. The van der Waals surface area contributed by atoms with Crippen LogP contribution >= 0.6 is 0 Å². The summed E-state index contributed by atoms with van der Waals surface area (Å²) in [6.07, 6.45) is 0. The Bertz CT molecular complexity index is 714. The zero-order valence-electron chi connectivity index (χ0n) is 13.4. The van der Waals surface area contributed by atoms with Crippen molar-refractivity contribution in [1.29, 1.82) is 0 Å². The summed E-state index contributed by atoms with van der Waals surface area (Å²) in [6, 6.07) is 8.97. The largest absolute Gasteiger partial charge is 0.338 e. The molecule has 0 aliphatic heterocycles. The van der Waals surface area contributed by atoms with E-state index in [2.05, 4.69) is 10.6 Å². The van der Waals surface area contributed by atoms with Gasteiger partial charge in [0.1, 0.15) is 5.69 Å². The third-order valence-electron chi connectivity index (χ3n) is 3.46. The Hall–Kier alpha value is -2.50. The topological polar surface area (TPSA) is 68.1 Å². The molecule has 2 N–H and O–H groups in total. The van der Waals surface area contributed by atoms with E-state index >= 15 is 0 Å². The van der Waals surface area contributed by atoms with Gasteiger partial charge in [-0.15, -0.1) is 0 Å². The van der Waals surface area contributed by atoms with Gasteiger partial charge in [0.2, 0.25) is 0 Å². The van der Waals surface area contributed by atoms with Gasteiger partial charge in [-0.2, -0.15) is 0 Å². The molecule has 118 valence electrons. The first-order valence-electron chi connectivity index (χ1n) is 7.30. The molecule has 1 aromatic heterocycles. The van der Waals surface area contributed by atoms with E-state index in [-0.39, 0.29) is 11.6 Å². The third-order valence-corrected chi connectivity index (χ3v) is 3.46. The number of carbonyl (C=O) groups is 1. The molecule has 0 atom stereocenters. The lowest BCUT2D eigenvalue weighted by molar-refractivity contribution is 0.251. The maximum absolute atomic E-state index is 12.6. The van der Waals surface area contributed by atoms with Crippen molar-refractivity contribution in [2.75, 3.05) is 11.9 Å². The first-order chi connectivity index (χ1) is 10.4. The van der Waals surface area contributed by atoms with Gasteiger partial charge in [-0.3, -0.25) is 9.48 Å². The summed E-state index contributed by atoms with van der Waals surface area (Å²) in [5.41, 5.74) is 1.51. The van der Waals surface area contributed by atoms with Crippen LogP contribution in [0.15, 0.2) is 35.1 Å². The predicted molar refractivity (Wildman–Crippen MR) is 87.6 cm³/mol. The Morgan fingerprint density at radius 3 is 2.45 bits per heavy atom. The highest BCUT2D eigenvalue weighted by atomic mass is 16.2. The molecule has 0 aliphatic carbocycles. The number of hydrogen-bond acceptors (Lipinski definition) is 2. The van der Waals surface area contributed by atoms with E-state index in [1.54, 1.807) is 18.7 Å². The van der Waals surface area contributed by atoms with Gasteiger partial charge in [-0.1, -0.05) is 32.0 Å². The van der Waals surface area contributed by atoms with E-state index in [1.807, 2.05) is 44.2 Å². The zero-order chi connectivity index (χ0) is 16.3. The molecule has 2 rings (SSSR count). The van der Waals surface area contributed by atoms with Crippen molar-refractivity contribution < 1.29 is 4.79 Å². The molecule has 0 unspecified atom stereocenters. The Morgan fingerprint density at radius 2 is 1.86 bits per heavy atom. The normalized spacial score (nSPS) is 10.8. The third kappa shape index (κ3) is 3.21. The molecule has 6 heteroatoms. The van der Waals surface area contributed by atoms with E-state index in [9.17, 15) is 9.59 Å². The molecule has 1 heterocycles. The van der Waals surface area contributed by atoms with Crippen molar-refractivity contribution in [2.24, 2.45) is 13.0 Å². The monoisotopic (exact) mass is 302 g/mol. The van der Waals surface area contributed by atoms with Gasteiger partial charge >= 0.3 is 6.03 Å². The number of amides is 2. The summed E-state index contributed by atoms with van der Waals surface area (Å²) in [6.45, 7) is 6.39. The number of hydrogen-bond donors (Lipinski definition) is 2. The van der Waals surface area contributed by atoms with Crippen LogP contribution in [0.5, 0.6) is 0 Å². The summed E-state index contributed by atoms with van der Waals surface area (Å²) in [5.74, 6) is 0.351. The Labute approximate surface area is 129 Å². The van der Waals surface area contributed by atoms with E-state index in [0.717, 1.165) is 5.69 Å². The molecule has 0 spiro atoms. The Morgan fingerprint density at radius 1 is 1.23 bits per heavy atom. The highest BCUT2D eigenvalue weighted by Crippen LogP contribution is 2.13. The quantitative estimate of drug-likeness (QED) is 0.909. The summed E-state index contributed by atoms with van der Waals surface area (Å²) >= 11 is 0. The number of urea groups is 1. The van der Waals surface area contributed by atoms with Crippen LogP contribution in [0.25, 0.3) is 5.69 Å². The van der Waals surface area contributed by atoms with E-state index in [4.69, 9.17) is 0 Å². The molecular weight excluding hydrogens is 280 g/mol. The number of anilines is 1. The van der Waals surface area contributed by atoms with Crippen molar-refractivity contribution in [1.82, 2.24) is 14.7 Å². The van der Waals surface area contributed by atoms with Crippen molar-refractivity contribution in [2.45, 2.75) is 20.8 Å². The average Bonchev–Trinajstić information content (AvgIpc) is 2.70. The number of rotatable bonds is 4. The van der Waals surface area contributed by atoms with Crippen LogP contribution in [-0.2, 0) is 7.05 Å². The number of benzene rings is 1. The molecule has 22 heavy (non-hydrogen) atoms. The second-order valence-electron chi connectivity index (χ2n) is 5.67. The van der Waals surface area contributed by atoms with Crippen molar-refractivity contribution >= 4 is 11.7 Å². The number of nitrogens with one attached hydrogen (secondary N) is 2. The predicted octanol–water partition coefficient (Wildman–Crippen LogP) is 2.26. The molecule has 0 bridgehead atoms. The molecule has 0 fully saturated rings. The molecule has 0 saturated heterocycles. The lowest BCUT2D eigenvalue weighted by Gasteiger charge is -2.08. The standard InChI is InChI=1S/C16H22N4O2/c1-11(2)10-17-16(22)18-14-12(3)19(4)20(15(14)21)13-8-6-5-7-9-13/h5-9,11H,10H2,1-4H3,(H2,17,18,22). The first-order valence-corrected chi connectivity index (χ1v) is 7.30. The van der Waals surface area contributed by atoms with Gasteiger partial charge in [0.25, 0.3) is 5.56 Å². The maximum atomic E-state index is 12.6. The van der Waals surface area contributed by atoms with Gasteiger partial charge in [0, 0.05) is 13.6 Å². The van der Waals surface area contributed by atoms with Gasteiger partial charge in [0.05, 0.1) is 11.4 Å². The average molecular weight is 302 g/mol. The summed E-state index contributed by atoms with van der Waals surface area (Å²) in [7, 11) is 1.79. The molecule has 6 nitrogen and oxygen atoms in total. The molecular formula is C16H22N4O2. The fourth-order valence-electron chi connectivity index (χ4n) is 2.17. The van der Waals surface area contributed by atoms with Crippen molar-refractivity contribution in [3.05, 3.63) is 46.4 Å². The Balaban J connectivity index is 2.31. The second kappa shape index (κ2) is 6.51. The first kappa shape index (κ1) is 15.9. The van der Waals surface area contributed by atoms with Crippen molar-refractivity contribution in [3.8, 4) is 5.69 Å². The SMILES string of the molecule is Cc1c(NC(=O)NCC(C)C)c(=O)n(-c2ccccc2)n1C. The van der Waals surface area contributed by atoms with Gasteiger partial charge in [-0.25, -0.2) is 9.48 Å². The number of aromatic nitrogens is 2. The van der Waals surface area contributed by atoms with Crippen LogP contribution in [0.3, 0.4) is 0 Å². The number of nitrogens with zero attached hydrogens (tertiary/aromatic N) is 2. The highest BCUT2D eigenvalue weighted by Gasteiger charge is 2.17. The van der Waals surface area contributed by atoms with Crippen LogP contribution in [0.4, 0.5) is 10.5 Å². The smallest absolute Gasteiger partial charge is 0.319 e. The fourth-order valence-corrected chi connectivity index (χ4v) is 2.17. The van der Waals surface area contributed by atoms with Crippen molar-refractivity contribution in [3.63, 3.8) is 0 Å². The number of carbonyl (C=O) groups excluding carboxylic acids is 1. The summed E-state index contributed by atoms with van der Waals surface area (Å²) < 4.78 is 3.27. The van der Waals surface area contributed by atoms with Crippen LogP contribution < -0.4 is 16.2 Å². The van der Waals surface area contributed by atoms with Crippen LogP contribution in [-0.4, -0.2) is 21.9 Å². The maximum Gasteiger partial charge on any atom is 0.319 e. The minimum absolute atomic E-state index is 0.245. The number of para-hydroxylation sites is 1. The van der Waals surface area contributed by atoms with E-state index < -0.39 is 0 Å². The lowest BCUT2D eigenvalue weighted by atomic mass is 10.2. The fraction of sp³-hybridized carbons (Fsp3) is 0.375. The van der Waals surface area contributed by atoms with Crippen LogP contribution in [0, 0.1) is 12.8 Å². The highest BCUT2D eigenvalue weighted by molar-refractivity contribution is 5.89. The van der Waals surface area contributed by atoms with E-state index in [1.165, 1.54) is 4.68 Å². The summed E-state index contributed by atoms with van der Waals surface area (Å²) in [5, 5.41) is 5.41. The summed E-state index contributed by atoms with van der Waals surface area (Å²) in [4.78, 5) is 24.5. The van der Waals surface area contributed by atoms with Gasteiger partial charge in [-0.05, 0) is 25.0 Å².